The van der Waals surface area contributed by atoms with E-state index in [1.54, 1.807) is 18.4 Å². The Morgan fingerprint density at radius 3 is 2.32 bits per heavy atom. The van der Waals surface area contributed by atoms with Crippen molar-refractivity contribution in [1.29, 1.82) is 0 Å². The summed E-state index contributed by atoms with van der Waals surface area (Å²) in [6.07, 6.45) is 0. The smallest absolute Gasteiger partial charge is 0.253 e. The maximum Gasteiger partial charge on any atom is 0.253 e. The molecule has 0 saturated carbocycles. The quantitative estimate of drug-likeness (QED) is 0.415. The molecule has 0 spiro atoms. The van der Waals surface area contributed by atoms with Crippen LogP contribution < -0.4 is 14.4 Å². The van der Waals surface area contributed by atoms with Gasteiger partial charge in [-0.1, -0.05) is 11.3 Å². The summed E-state index contributed by atoms with van der Waals surface area (Å²) in [6.45, 7) is 7.37. The van der Waals surface area contributed by atoms with Crippen LogP contribution in [0, 0.1) is 6.92 Å². The maximum absolute atomic E-state index is 12.9. The van der Waals surface area contributed by atoms with Crippen molar-refractivity contribution in [2.75, 3.05) is 44.8 Å². The Labute approximate surface area is 202 Å². The van der Waals surface area contributed by atoms with E-state index >= 15 is 0 Å². The molecular formula is C25H27N5O3S. The minimum Gasteiger partial charge on any atom is -0.497 e. The molecule has 1 amide bonds. The van der Waals surface area contributed by atoms with Crippen LogP contribution in [0.1, 0.15) is 23.0 Å². The molecule has 9 heteroatoms. The van der Waals surface area contributed by atoms with E-state index in [1.807, 2.05) is 72.0 Å². The van der Waals surface area contributed by atoms with Gasteiger partial charge in [-0.2, -0.15) is 10.1 Å². The number of carbonyl (C=O) groups excluding carboxylic acids is 1. The second kappa shape index (κ2) is 9.34. The fourth-order valence-electron chi connectivity index (χ4n) is 4.11. The van der Waals surface area contributed by atoms with Gasteiger partial charge < -0.3 is 19.3 Å². The van der Waals surface area contributed by atoms with Gasteiger partial charge in [0.1, 0.15) is 11.5 Å². The van der Waals surface area contributed by atoms with E-state index < -0.39 is 0 Å². The molecule has 34 heavy (non-hydrogen) atoms. The van der Waals surface area contributed by atoms with Gasteiger partial charge in [-0.25, -0.2) is 4.68 Å². The lowest BCUT2D eigenvalue weighted by molar-refractivity contribution is 0.0746. The number of fused-ring (bicyclic) bond motifs is 1. The van der Waals surface area contributed by atoms with Gasteiger partial charge in [-0.3, -0.25) is 4.79 Å². The molecule has 8 nitrogen and oxygen atoms in total. The van der Waals surface area contributed by atoms with Crippen LogP contribution >= 0.6 is 11.3 Å². The average molecular weight is 478 g/mol. The molecule has 0 atom stereocenters. The Bertz CT molecular complexity index is 1290. The monoisotopic (exact) mass is 477 g/mol. The minimum absolute atomic E-state index is 0.0537. The third kappa shape index (κ3) is 4.19. The first-order valence-corrected chi connectivity index (χ1v) is 12.2. The van der Waals surface area contributed by atoms with Crippen LogP contribution in [0.4, 0.5) is 5.13 Å². The predicted octanol–water partition coefficient (Wildman–Crippen LogP) is 4.16. The van der Waals surface area contributed by atoms with Gasteiger partial charge in [0.15, 0.2) is 10.8 Å². The molecule has 0 unspecified atom stereocenters. The van der Waals surface area contributed by atoms with Gasteiger partial charge in [0.05, 0.1) is 29.8 Å². The first kappa shape index (κ1) is 22.2. The number of anilines is 1. The first-order valence-electron chi connectivity index (χ1n) is 11.3. The van der Waals surface area contributed by atoms with Crippen LogP contribution in [-0.2, 0) is 0 Å². The number of hydrogen-bond acceptors (Lipinski definition) is 7. The van der Waals surface area contributed by atoms with E-state index in [0.29, 0.717) is 25.3 Å². The summed E-state index contributed by atoms with van der Waals surface area (Å²) in [4.78, 5) is 22.0. The number of carbonyl (C=O) groups is 1. The molecule has 1 aliphatic rings. The van der Waals surface area contributed by atoms with E-state index in [9.17, 15) is 4.79 Å². The van der Waals surface area contributed by atoms with Crippen LogP contribution in [0.3, 0.4) is 0 Å². The van der Waals surface area contributed by atoms with Crippen molar-refractivity contribution < 1.29 is 14.3 Å². The summed E-state index contributed by atoms with van der Waals surface area (Å²) in [7, 11) is 1.66. The molecule has 2 aromatic carbocycles. The average Bonchev–Trinajstić information content (AvgIpc) is 3.45. The molecule has 3 heterocycles. The van der Waals surface area contributed by atoms with Crippen LogP contribution in [-0.4, -0.2) is 65.5 Å². The topological polar surface area (TPSA) is 72.7 Å². The van der Waals surface area contributed by atoms with Gasteiger partial charge in [-0.15, -0.1) is 0 Å². The number of rotatable bonds is 6. The third-order valence-electron chi connectivity index (χ3n) is 5.94. The Kier molecular flexibility index (Phi) is 6.10. The SMILES string of the molecule is CCOc1ccc(C(=O)N2CCN(c3nc4c(s3)c(C)nn4-c3ccc(OC)cc3)CC2)cc1. The highest BCUT2D eigenvalue weighted by Gasteiger charge is 2.25. The lowest BCUT2D eigenvalue weighted by Gasteiger charge is -2.34. The zero-order chi connectivity index (χ0) is 23.7. The molecule has 0 aliphatic carbocycles. The molecule has 1 saturated heterocycles. The molecule has 1 aliphatic heterocycles. The van der Waals surface area contributed by atoms with E-state index in [2.05, 4.69) is 4.90 Å². The van der Waals surface area contributed by atoms with E-state index in [-0.39, 0.29) is 5.91 Å². The lowest BCUT2D eigenvalue weighted by Crippen LogP contribution is -2.48. The Morgan fingerprint density at radius 2 is 1.68 bits per heavy atom. The lowest BCUT2D eigenvalue weighted by atomic mass is 10.1. The molecular weight excluding hydrogens is 450 g/mol. The van der Waals surface area contributed by atoms with E-state index in [1.165, 1.54) is 0 Å². The van der Waals surface area contributed by atoms with Crippen molar-refractivity contribution in [2.45, 2.75) is 13.8 Å². The predicted molar refractivity (Wildman–Crippen MR) is 134 cm³/mol. The Hall–Kier alpha value is -3.59. The van der Waals surface area contributed by atoms with Crippen molar-refractivity contribution in [3.05, 3.63) is 59.8 Å². The molecule has 0 bridgehead atoms. The van der Waals surface area contributed by atoms with Crippen LogP contribution in [0.15, 0.2) is 48.5 Å². The minimum atomic E-state index is 0.0537. The molecule has 0 radical (unpaired) electrons. The summed E-state index contributed by atoms with van der Waals surface area (Å²) in [5.74, 6) is 1.64. The fraction of sp³-hybridized carbons (Fsp3) is 0.320. The molecule has 2 aromatic heterocycles. The van der Waals surface area contributed by atoms with Crippen molar-refractivity contribution in [3.8, 4) is 17.2 Å². The fourth-order valence-corrected chi connectivity index (χ4v) is 5.14. The number of amides is 1. The number of aryl methyl sites for hydroxylation is 1. The van der Waals surface area contributed by atoms with Crippen molar-refractivity contribution in [1.82, 2.24) is 19.7 Å². The second-order valence-corrected chi connectivity index (χ2v) is 9.06. The number of methoxy groups -OCH3 is 1. The highest BCUT2D eigenvalue weighted by atomic mass is 32.1. The molecule has 4 aromatic rings. The maximum atomic E-state index is 12.9. The number of hydrogen-bond donors (Lipinski definition) is 0. The Balaban J connectivity index is 1.29. The summed E-state index contributed by atoms with van der Waals surface area (Å²) in [5.41, 5.74) is 3.45. The van der Waals surface area contributed by atoms with Gasteiger partial charge in [-0.05, 0) is 62.4 Å². The number of piperazine rings is 1. The summed E-state index contributed by atoms with van der Waals surface area (Å²) < 4.78 is 13.7. The van der Waals surface area contributed by atoms with E-state index in [0.717, 1.165) is 51.4 Å². The van der Waals surface area contributed by atoms with Crippen LogP contribution in [0.25, 0.3) is 16.0 Å². The number of benzene rings is 2. The number of nitrogens with zero attached hydrogens (tertiary/aromatic N) is 5. The molecule has 5 rings (SSSR count). The summed E-state index contributed by atoms with van der Waals surface area (Å²) in [6, 6.07) is 15.2. The normalized spacial score (nSPS) is 14.0. The zero-order valence-electron chi connectivity index (χ0n) is 19.5. The van der Waals surface area contributed by atoms with Gasteiger partial charge in [0, 0.05) is 31.7 Å². The zero-order valence-corrected chi connectivity index (χ0v) is 20.3. The van der Waals surface area contributed by atoms with Crippen molar-refractivity contribution in [3.63, 3.8) is 0 Å². The second-order valence-electron chi connectivity index (χ2n) is 8.08. The molecule has 0 N–H and O–H groups in total. The van der Waals surface area contributed by atoms with Crippen molar-refractivity contribution >= 4 is 32.7 Å². The third-order valence-corrected chi connectivity index (χ3v) is 7.16. The number of ether oxygens (including phenoxy) is 2. The highest BCUT2D eigenvalue weighted by Crippen LogP contribution is 2.33. The largest absolute Gasteiger partial charge is 0.497 e. The number of aromatic nitrogens is 3. The summed E-state index contributed by atoms with van der Waals surface area (Å²) >= 11 is 1.66. The van der Waals surface area contributed by atoms with Gasteiger partial charge in [0.25, 0.3) is 5.91 Å². The van der Waals surface area contributed by atoms with Crippen LogP contribution in [0.2, 0.25) is 0 Å². The van der Waals surface area contributed by atoms with Gasteiger partial charge >= 0.3 is 0 Å². The Morgan fingerprint density at radius 1 is 1.00 bits per heavy atom. The summed E-state index contributed by atoms with van der Waals surface area (Å²) in [5, 5.41) is 5.66. The molecule has 1 fully saturated rings. The number of thiazole rings is 1. The van der Waals surface area contributed by atoms with Gasteiger partial charge in [0.2, 0.25) is 0 Å². The standard InChI is InChI=1S/C25H27N5O3S/c1-4-33-21-9-5-18(6-10-21)24(31)28-13-15-29(16-14-28)25-26-23-22(34-25)17(2)27-30(23)19-7-11-20(32-3)12-8-19/h5-12H,4,13-16H2,1-3H3. The molecule has 176 valence electrons. The van der Waals surface area contributed by atoms with Crippen molar-refractivity contribution in [2.24, 2.45) is 0 Å². The first-order chi connectivity index (χ1) is 16.6. The highest BCUT2D eigenvalue weighted by molar-refractivity contribution is 7.22. The van der Waals surface area contributed by atoms with Crippen LogP contribution in [0.5, 0.6) is 11.5 Å². The van der Waals surface area contributed by atoms with E-state index in [4.69, 9.17) is 19.6 Å².